The third kappa shape index (κ3) is 4.19. The Bertz CT molecular complexity index is 343. The Hall–Kier alpha value is -1.36. The van der Waals surface area contributed by atoms with Gasteiger partial charge in [0.25, 0.3) is 0 Å². The number of hydrogen-bond acceptors (Lipinski definition) is 5. The standard InChI is InChI=1S/C12H22N4O/c1-4-5-6-16(7-8-17)11-9-10(2)14-12(13-3)15-11/h9,17H,4-8H2,1-3H3,(H,13,14,15). The fourth-order valence-electron chi connectivity index (χ4n) is 1.64. The highest BCUT2D eigenvalue weighted by Gasteiger charge is 2.09. The Morgan fingerprint density at radius 2 is 2.12 bits per heavy atom. The maximum absolute atomic E-state index is 9.09. The second-order valence-electron chi connectivity index (χ2n) is 4.01. The molecule has 1 rings (SSSR count). The number of nitrogens with one attached hydrogen (secondary N) is 1. The minimum Gasteiger partial charge on any atom is -0.395 e. The summed E-state index contributed by atoms with van der Waals surface area (Å²) in [6.07, 6.45) is 2.23. The summed E-state index contributed by atoms with van der Waals surface area (Å²) in [5.41, 5.74) is 0.929. The molecule has 0 aromatic carbocycles. The Morgan fingerprint density at radius 1 is 1.35 bits per heavy atom. The summed E-state index contributed by atoms with van der Waals surface area (Å²) < 4.78 is 0. The molecule has 96 valence electrons. The third-order valence-electron chi connectivity index (χ3n) is 2.54. The maximum Gasteiger partial charge on any atom is 0.224 e. The van der Waals surface area contributed by atoms with Crippen LogP contribution in [0.5, 0.6) is 0 Å². The first kappa shape index (κ1) is 13.7. The van der Waals surface area contributed by atoms with Gasteiger partial charge < -0.3 is 15.3 Å². The van der Waals surface area contributed by atoms with Crippen LogP contribution in [0.3, 0.4) is 0 Å². The second-order valence-corrected chi connectivity index (χ2v) is 4.01. The molecular weight excluding hydrogens is 216 g/mol. The van der Waals surface area contributed by atoms with Crippen LogP contribution in [0.2, 0.25) is 0 Å². The van der Waals surface area contributed by atoms with Crippen LogP contribution in [-0.2, 0) is 0 Å². The van der Waals surface area contributed by atoms with Gasteiger partial charge in [0.1, 0.15) is 5.82 Å². The van der Waals surface area contributed by atoms with E-state index in [1.165, 1.54) is 0 Å². The molecule has 5 nitrogen and oxygen atoms in total. The van der Waals surface area contributed by atoms with Crippen molar-refractivity contribution in [3.8, 4) is 0 Å². The van der Waals surface area contributed by atoms with Crippen LogP contribution < -0.4 is 10.2 Å². The molecular formula is C12H22N4O. The number of hydrogen-bond donors (Lipinski definition) is 2. The van der Waals surface area contributed by atoms with Gasteiger partial charge in [-0.05, 0) is 13.3 Å². The SMILES string of the molecule is CCCCN(CCO)c1cc(C)nc(NC)n1. The minimum absolute atomic E-state index is 0.141. The first-order valence-corrected chi connectivity index (χ1v) is 6.10. The van der Waals surface area contributed by atoms with E-state index in [0.717, 1.165) is 30.9 Å². The predicted molar refractivity (Wildman–Crippen MR) is 70.5 cm³/mol. The van der Waals surface area contributed by atoms with E-state index < -0.39 is 0 Å². The lowest BCUT2D eigenvalue weighted by Gasteiger charge is -2.23. The second kappa shape index (κ2) is 7.06. The molecule has 0 aliphatic rings. The van der Waals surface area contributed by atoms with Crippen molar-refractivity contribution in [3.05, 3.63) is 11.8 Å². The fraction of sp³-hybridized carbons (Fsp3) is 0.667. The van der Waals surface area contributed by atoms with E-state index in [9.17, 15) is 0 Å². The molecule has 1 heterocycles. The van der Waals surface area contributed by atoms with Crippen molar-refractivity contribution < 1.29 is 5.11 Å². The van der Waals surface area contributed by atoms with Crippen molar-refractivity contribution in [2.45, 2.75) is 26.7 Å². The van der Waals surface area contributed by atoms with Crippen molar-refractivity contribution in [1.29, 1.82) is 0 Å². The lowest BCUT2D eigenvalue weighted by molar-refractivity contribution is 0.301. The van der Waals surface area contributed by atoms with Gasteiger partial charge in [-0.25, -0.2) is 4.98 Å². The first-order valence-electron chi connectivity index (χ1n) is 6.10. The molecule has 0 bridgehead atoms. The van der Waals surface area contributed by atoms with Crippen LogP contribution >= 0.6 is 0 Å². The summed E-state index contributed by atoms with van der Waals surface area (Å²) in [6, 6.07) is 1.95. The number of aliphatic hydroxyl groups excluding tert-OH is 1. The van der Waals surface area contributed by atoms with Gasteiger partial charge in [-0.3, -0.25) is 0 Å². The summed E-state index contributed by atoms with van der Waals surface area (Å²) in [4.78, 5) is 10.8. The van der Waals surface area contributed by atoms with E-state index in [1.54, 1.807) is 7.05 Å². The molecule has 0 saturated carbocycles. The molecule has 0 aliphatic heterocycles. The first-order chi connectivity index (χ1) is 8.21. The molecule has 0 radical (unpaired) electrons. The van der Waals surface area contributed by atoms with E-state index in [2.05, 4.69) is 27.1 Å². The average Bonchev–Trinajstić information content (AvgIpc) is 2.33. The van der Waals surface area contributed by atoms with Gasteiger partial charge in [0.15, 0.2) is 0 Å². The number of aromatic nitrogens is 2. The summed E-state index contributed by atoms with van der Waals surface area (Å²) in [5, 5.41) is 12.0. The highest BCUT2D eigenvalue weighted by molar-refractivity contribution is 5.44. The zero-order valence-corrected chi connectivity index (χ0v) is 10.9. The topological polar surface area (TPSA) is 61.3 Å². The molecule has 0 atom stereocenters. The van der Waals surface area contributed by atoms with E-state index in [4.69, 9.17) is 5.11 Å². The maximum atomic E-state index is 9.09. The van der Waals surface area contributed by atoms with Crippen LogP contribution in [0.15, 0.2) is 6.07 Å². The quantitative estimate of drug-likeness (QED) is 0.752. The molecule has 0 amide bonds. The summed E-state index contributed by atoms with van der Waals surface area (Å²) in [5.74, 6) is 1.50. The summed E-state index contributed by atoms with van der Waals surface area (Å²) in [7, 11) is 1.81. The summed E-state index contributed by atoms with van der Waals surface area (Å²) >= 11 is 0. The predicted octanol–water partition coefficient (Wildman–Crippen LogP) is 1.43. The van der Waals surface area contributed by atoms with Crippen molar-refractivity contribution in [3.63, 3.8) is 0 Å². The Labute approximate surface area is 103 Å². The Kier molecular flexibility index (Phi) is 5.69. The van der Waals surface area contributed by atoms with Gasteiger partial charge in [0.05, 0.1) is 6.61 Å². The van der Waals surface area contributed by atoms with Gasteiger partial charge >= 0.3 is 0 Å². The van der Waals surface area contributed by atoms with Gasteiger partial charge in [0.2, 0.25) is 5.95 Å². The lowest BCUT2D eigenvalue weighted by atomic mass is 10.3. The smallest absolute Gasteiger partial charge is 0.224 e. The number of aliphatic hydroxyl groups is 1. The molecule has 17 heavy (non-hydrogen) atoms. The van der Waals surface area contributed by atoms with Crippen molar-refractivity contribution in [2.24, 2.45) is 0 Å². The normalized spacial score (nSPS) is 10.4. The molecule has 5 heteroatoms. The minimum atomic E-state index is 0.141. The zero-order valence-electron chi connectivity index (χ0n) is 10.9. The third-order valence-corrected chi connectivity index (χ3v) is 2.54. The number of unbranched alkanes of at least 4 members (excludes halogenated alkanes) is 1. The number of nitrogens with zero attached hydrogens (tertiary/aromatic N) is 3. The van der Waals surface area contributed by atoms with Crippen LogP contribution in [0, 0.1) is 6.92 Å². The Morgan fingerprint density at radius 3 is 2.71 bits per heavy atom. The monoisotopic (exact) mass is 238 g/mol. The molecule has 2 N–H and O–H groups in total. The fourth-order valence-corrected chi connectivity index (χ4v) is 1.64. The number of anilines is 2. The highest BCUT2D eigenvalue weighted by atomic mass is 16.3. The van der Waals surface area contributed by atoms with Gasteiger partial charge in [0, 0.05) is 31.9 Å². The van der Waals surface area contributed by atoms with E-state index in [1.807, 2.05) is 13.0 Å². The van der Waals surface area contributed by atoms with Gasteiger partial charge in [-0.1, -0.05) is 13.3 Å². The van der Waals surface area contributed by atoms with Gasteiger partial charge in [-0.2, -0.15) is 4.98 Å². The van der Waals surface area contributed by atoms with Crippen molar-refractivity contribution in [2.75, 3.05) is 37.0 Å². The van der Waals surface area contributed by atoms with Crippen LogP contribution in [0.4, 0.5) is 11.8 Å². The Balaban J connectivity index is 2.87. The molecule has 0 unspecified atom stereocenters. The van der Waals surface area contributed by atoms with E-state index in [-0.39, 0.29) is 6.61 Å². The molecule has 0 fully saturated rings. The number of rotatable bonds is 7. The molecule has 1 aromatic heterocycles. The van der Waals surface area contributed by atoms with Crippen LogP contribution in [0.25, 0.3) is 0 Å². The van der Waals surface area contributed by atoms with E-state index in [0.29, 0.717) is 12.5 Å². The van der Waals surface area contributed by atoms with Crippen molar-refractivity contribution in [1.82, 2.24) is 9.97 Å². The van der Waals surface area contributed by atoms with Gasteiger partial charge in [-0.15, -0.1) is 0 Å². The van der Waals surface area contributed by atoms with Crippen molar-refractivity contribution >= 4 is 11.8 Å². The highest BCUT2D eigenvalue weighted by Crippen LogP contribution is 2.15. The lowest BCUT2D eigenvalue weighted by Crippen LogP contribution is -2.29. The molecule has 0 spiro atoms. The largest absolute Gasteiger partial charge is 0.395 e. The molecule has 0 aliphatic carbocycles. The number of aryl methyl sites for hydroxylation is 1. The van der Waals surface area contributed by atoms with E-state index >= 15 is 0 Å². The molecule has 1 aromatic rings. The van der Waals surface area contributed by atoms with Crippen LogP contribution in [0.1, 0.15) is 25.5 Å². The molecule has 0 saturated heterocycles. The zero-order chi connectivity index (χ0) is 12.7. The summed E-state index contributed by atoms with van der Waals surface area (Å²) in [6.45, 7) is 5.77. The average molecular weight is 238 g/mol. The van der Waals surface area contributed by atoms with Crippen LogP contribution in [-0.4, -0.2) is 41.8 Å².